The Bertz CT molecular complexity index is 206. The van der Waals surface area contributed by atoms with Crippen LogP contribution in [0.2, 0.25) is 0 Å². The number of hydrogen-bond donors (Lipinski definition) is 1. The third-order valence-corrected chi connectivity index (χ3v) is 2.19. The van der Waals surface area contributed by atoms with Gasteiger partial charge in [0.25, 0.3) is 0 Å². The molecule has 0 radical (unpaired) electrons. The molecular formula is C9H16F3NO2. The van der Waals surface area contributed by atoms with Crippen LogP contribution in [0, 0.1) is 0 Å². The van der Waals surface area contributed by atoms with Crippen LogP contribution in [0.3, 0.4) is 0 Å². The first-order chi connectivity index (χ1) is 6.76. The summed E-state index contributed by atoms with van der Waals surface area (Å²) >= 11 is 0. The van der Waals surface area contributed by atoms with E-state index in [1.54, 1.807) is 13.8 Å². The van der Waals surface area contributed by atoms with E-state index in [9.17, 15) is 18.0 Å². The van der Waals surface area contributed by atoms with E-state index in [2.05, 4.69) is 0 Å². The van der Waals surface area contributed by atoms with Gasteiger partial charge in [-0.25, -0.2) is 0 Å². The van der Waals surface area contributed by atoms with Gasteiger partial charge in [0, 0.05) is 12.5 Å². The summed E-state index contributed by atoms with van der Waals surface area (Å²) in [6.07, 6.45) is -4.09. The maximum atomic E-state index is 12.1. The zero-order chi connectivity index (χ0) is 12.1. The van der Waals surface area contributed by atoms with Gasteiger partial charge in [0.1, 0.15) is 0 Å². The fraction of sp³-hybridized carbons (Fsp3) is 0.889. The monoisotopic (exact) mass is 227 g/mol. The normalized spacial score (nSPS) is 14.3. The molecule has 0 aliphatic heterocycles. The lowest BCUT2D eigenvalue weighted by Crippen LogP contribution is -2.40. The number of nitrogens with zero attached hydrogens (tertiary/aromatic N) is 1. The molecule has 0 aromatic heterocycles. The number of alkyl halides is 3. The summed E-state index contributed by atoms with van der Waals surface area (Å²) in [6, 6.07) is -0.368. The van der Waals surface area contributed by atoms with Crippen LogP contribution in [-0.4, -0.2) is 41.3 Å². The van der Waals surface area contributed by atoms with E-state index in [0.29, 0.717) is 0 Å². The Hall–Kier alpha value is -0.780. The Balaban J connectivity index is 4.10. The molecule has 0 aromatic rings. The second-order valence-electron chi connectivity index (χ2n) is 3.46. The first-order valence-corrected chi connectivity index (χ1v) is 4.79. The first kappa shape index (κ1) is 14.2. The van der Waals surface area contributed by atoms with Crippen LogP contribution in [0.4, 0.5) is 13.2 Å². The third-order valence-electron chi connectivity index (χ3n) is 2.19. The van der Waals surface area contributed by atoms with Crippen molar-refractivity contribution >= 4 is 5.97 Å². The van der Waals surface area contributed by atoms with Gasteiger partial charge in [0.2, 0.25) is 0 Å². The molecular weight excluding hydrogens is 211 g/mol. The molecule has 6 heteroatoms. The summed E-state index contributed by atoms with van der Waals surface area (Å²) in [5.74, 6) is -0.982. The lowest BCUT2D eigenvalue weighted by atomic mass is 10.1. The molecule has 0 heterocycles. The van der Waals surface area contributed by atoms with E-state index in [4.69, 9.17) is 5.11 Å². The molecule has 0 amide bonds. The average molecular weight is 227 g/mol. The summed E-state index contributed by atoms with van der Waals surface area (Å²) in [4.78, 5) is 11.5. The van der Waals surface area contributed by atoms with Gasteiger partial charge in [0.05, 0.1) is 6.54 Å². The van der Waals surface area contributed by atoms with Crippen molar-refractivity contribution in [3.63, 3.8) is 0 Å². The highest BCUT2D eigenvalue weighted by molar-refractivity contribution is 5.66. The summed E-state index contributed by atoms with van der Waals surface area (Å²) in [5, 5.41) is 8.41. The van der Waals surface area contributed by atoms with E-state index in [-0.39, 0.29) is 25.4 Å². The first-order valence-electron chi connectivity index (χ1n) is 4.79. The summed E-state index contributed by atoms with van der Waals surface area (Å²) in [7, 11) is 0. The molecule has 0 aromatic carbocycles. The molecule has 0 saturated carbocycles. The predicted octanol–water partition coefficient (Wildman–Crippen LogP) is 2.12. The van der Waals surface area contributed by atoms with Crippen molar-refractivity contribution in [1.82, 2.24) is 4.90 Å². The number of hydrogen-bond acceptors (Lipinski definition) is 2. The highest BCUT2D eigenvalue weighted by Crippen LogP contribution is 2.19. The fourth-order valence-electron chi connectivity index (χ4n) is 1.32. The highest BCUT2D eigenvalue weighted by atomic mass is 19.4. The lowest BCUT2D eigenvalue weighted by molar-refractivity contribution is -0.150. The van der Waals surface area contributed by atoms with E-state index in [0.717, 1.165) is 0 Å². The minimum Gasteiger partial charge on any atom is -0.481 e. The zero-order valence-electron chi connectivity index (χ0n) is 8.84. The SMILES string of the molecule is CCN(CC(F)(F)F)C(C)CCC(=O)O. The minimum absolute atomic E-state index is 0.102. The van der Waals surface area contributed by atoms with E-state index in [1.165, 1.54) is 4.90 Å². The molecule has 1 N–H and O–H groups in total. The summed E-state index contributed by atoms with van der Waals surface area (Å²) < 4.78 is 36.3. The van der Waals surface area contributed by atoms with E-state index in [1.807, 2.05) is 0 Å². The number of halogens is 3. The number of aliphatic carboxylic acids is 1. The van der Waals surface area contributed by atoms with Crippen LogP contribution in [0.15, 0.2) is 0 Å². The summed E-state index contributed by atoms with van der Waals surface area (Å²) in [5.41, 5.74) is 0. The van der Waals surface area contributed by atoms with Crippen LogP contribution in [0.25, 0.3) is 0 Å². The van der Waals surface area contributed by atoms with Crippen molar-refractivity contribution in [2.45, 2.75) is 38.9 Å². The molecule has 1 unspecified atom stereocenters. The Kier molecular flexibility index (Phi) is 5.64. The molecule has 15 heavy (non-hydrogen) atoms. The molecule has 1 atom stereocenters. The van der Waals surface area contributed by atoms with Gasteiger partial charge in [-0.1, -0.05) is 6.92 Å². The van der Waals surface area contributed by atoms with Gasteiger partial charge in [-0.2, -0.15) is 13.2 Å². The van der Waals surface area contributed by atoms with Crippen LogP contribution < -0.4 is 0 Å². The Morgan fingerprint density at radius 1 is 1.47 bits per heavy atom. The van der Waals surface area contributed by atoms with Gasteiger partial charge < -0.3 is 5.11 Å². The van der Waals surface area contributed by atoms with Crippen LogP contribution in [0.1, 0.15) is 26.7 Å². The van der Waals surface area contributed by atoms with Crippen LogP contribution in [-0.2, 0) is 4.79 Å². The molecule has 0 saturated heterocycles. The van der Waals surface area contributed by atoms with Gasteiger partial charge in [0.15, 0.2) is 0 Å². The topological polar surface area (TPSA) is 40.5 Å². The van der Waals surface area contributed by atoms with Gasteiger partial charge in [-0.15, -0.1) is 0 Å². The van der Waals surface area contributed by atoms with Gasteiger partial charge >= 0.3 is 12.1 Å². The standard InChI is InChI=1S/C9H16F3NO2/c1-3-13(6-9(10,11)12)7(2)4-5-8(14)15/h7H,3-6H2,1-2H3,(H,14,15). The van der Waals surface area contributed by atoms with Crippen molar-refractivity contribution in [2.24, 2.45) is 0 Å². The summed E-state index contributed by atoms with van der Waals surface area (Å²) in [6.45, 7) is 2.52. The molecule has 3 nitrogen and oxygen atoms in total. The Morgan fingerprint density at radius 2 is 2.00 bits per heavy atom. The molecule has 0 aliphatic carbocycles. The number of carboxylic acids is 1. The quantitative estimate of drug-likeness (QED) is 0.755. The number of carbonyl (C=O) groups is 1. The zero-order valence-corrected chi connectivity index (χ0v) is 8.84. The molecule has 0 aliphatic rings. The third kappa shape index (κ3) is 7.18. The Morgan fingerprint density at radius 3 is 2.33 bits per heavy atom. The predicted molar refractivity (Wildman–Crippen MR) is 49.6 cm³/mol. The maximum absolute atomic E-state index is 12.1. The number of carboxylic acid groups (broad SMARTS) is 1. The fourth-order valence-corrected chi connectivity index (χ4v) is 1.32. The van der Waals surface area contributed by atoms with Crippen molar-refractivity contribution in [3.05, 3.63) is 0 Å². The molecule has 0 bridgehead atoms. The number of rotatable bonds is 6. The molecule has 0 spiro atoms. The second kappa shape index (κ2) is 5.95. The second-order valence-corrected chi connectivity index (χ2v) is 3.46. The molecule has 0 rings (SSSR count). The Labute approximate surface area is 86.9 Å². The van der Waals surface area contributed by atoms with Crippen molar-refractivity contribution in [1.29, 1.82) is 0 Å². The maximum Gasteiger partial charge on any atom is 0.401 e. The largest absolute Gasteiger partial charge is 0.481 e. The smallest absolute Gasteiger partial charge is 0.401 e. The lowest BCUT2D eigenvalue weighted by Gasteiger charge is -2.28. The van der Waals surface area contributed by atoms with Crippen molar-refractivity contribution < 1.29 is 23.1 Å². The highest BCUT2D eigenvalue weighted by Gasteiger charge is 2.31. The van der Waals surface area contributed by atoms with Crippen LogP contribution in [0.5, 0.6) is 0 Å². The van der Waals surface area contributed by atoms with Gasteiger partial charge in [-0.05, 0) is 19.9 Å². The van der Waals surface area contributed by atoms with Crippen molar-refractivity contribution in [2.75, 3.05) is 13.1 Å². The molecule has 0 fully saturated rings. The van der Waals surface area contributed by atoms with Gasteiger partial charge in [-0.3, -0.25) is 9.69 Å². The average Bonchev–Trinajstić information content (AvgIpc) is 2.08. The van der Waals surface area contributed by atoms with Crippen LogP contribution >= 0.6 is 0 Å². The van der Waals surface area contributed by atoms with E-state index >= 15 is 0 Å². The van der Waals surface area contributed by atoms with Crippen molar-refractivity contribution in [3.8, 4) is 0 Å². The van der Waals surface area contributed by atoms with E-state index < -0.39 is 18.7 Å². The molecule has 90 valence electrons. The minimum atomic E-state index is -4.23.